The minimum Gasteiger partial charge on any atom is -0.354 e. The fourth-order valence-electron chi connectivity index (χ4n) is 1.46. The number of carbonyl (C=O) groups excluding carboxylic acids is 2. The second-order valence-electron chi connectivity index (χ2n) is 4.32. The summed E-state index contributed by atoms with van der Waals surface area (Å²) in [5, 5.41) is 5.55. The number of amides is 2. The molecule has 0 saturated carbocycles. The summed E-state index contributed by atoms with van der Waals surface area (Å²) < 4.78 is 0. The quantitative estimate of drug-likeness (QED) is 0.583. The number of carbonyl (C=O) groups is 2. The lowest BCUT2D eigenvalue weighted by molar-refractivity contribution is -0.126. The molecule has 0 aromatic heterocycles. The van der Waals surface area contributed by atoms with Crippen LogP contribution in [0.2, 0.25) is 0 Å². The van der Waals surface area contributed by atoms with Gasteiger partial charge in [-0.1, -0.05) is 13.8 Å². The van der Waals surface area contributed by atoms with E-state index in [4.69, 9.17) is 5.73 Å². The van der Waals surface area contributed by atoms with Crippen LogP contribution in [0.1, 0.15) is 26.7 Å². The van der Waals surface area contributed by atoms with E-state index in [9.17, 15) is 9.59 Å². The van der Waals surface area contributed by atoms with Crippen LogP contribution in [0.3, 0.4) is 0 Å². The predicted octanol–water partition coefficient (Wildman–Crippen LogP) is -0.635. The third kappa shape index (κ3) is 3.51. The molecular weight excluding hydrogens is 194 g/mol. The highest BCUT2D eigenvalue weighted by Gasteiger charge is 2.23. The first-order chi connectivity index (χ1) is 7.00. The molecule has 1 aliphatic rings. The average molecular weight is 213 g/mol. The van der Waals surface area contributed by atoms with Gasteiger partial charge in [0.1, 0.15) is 0 Å². The molecule has 0 radical (unpaired) electrons. The Morgan fingerprint density at radius 1 is 1.60 bits per heavy atom. The SMILES string of the molecule is CC(C)[C@H](N)C(=O)NC1CCC(=O)NC1. The molecule has 0 bridgehead atoms. The van der Waals surface area contributed by atoms with E-state index in [0.717, 1.165) is 0 Å². The summed E-state index contributed by atoms with van der Waals surface area (Å²) in [4.78, 5) is 22.5. The van der Waals surface area contributed by atoms with Crippen LogP contribution in [0, 0.1) is 5.92 Å². The van der Waals surface area contributed by atoms with Crippen LogP contribution in [0.15, 0.2) is 0 Å². The summed E-state index contributed by atoms with van der Waals surface area (Å²) in [6.45, 7) is 4.33. The van der Waals surface area contributed by atoms with E-state index < -0.39 is 6.04 Å². The van der Waals surface area contributed by atoms with Crippen LogP contribution in [-0.4, -0.2) is 30.4 Å². The summed E-state index contributed by atoms with van der Waals surface area (Å²) in [6, 6.07) is -0.442. The van der Waals surface area contributed by atoms with Gasteiger partial charge in [-0.15, -0.1) is 0 Å². The molecule has 86 valence electrons. The van der Waals surface area contributed by atoms with E-state index in [2.05, 4.69) is 10.6 Å². The molecule has 0 aliphatic carbocycles. The van der Waals surface area contributed by atoms with Crippen LogP contribution in [0.4, 0.5) is 0 Å². The number of piperidine rings is 1. The van der Waals surface area contributed by atoms with Crippen LogP contribution in [0.25, 0.3) is 0 Å². The molecule has 1 saturated heterocycles. The van der Waals surface area contributed by atoms with E-state index in [-0.39, 0.29) is 23.8 Å². The van der Waals surface area contributed by atoms with Crippen molar-refractivity contribution in [1.82, 2.24) is 10.6 Å². The summed E-state index contributed by atoms with van der Waals surface area (Å²) in [5.74, 6) is 0.0444. The van der Waals surface area contributed by atoms with Gasteiger partial charge in [0, 0.05) is 19.0 Å². The maximum Gasteiger partial charge on any atom is 0.237 e. The molecule has 15 heavy (non-hydrogen) atoms. The topological polar surface area (TPSA) is 84.2 Å². The zero-order valence-corrected chi connectivity index (χ0v) is 9.25. The number of rotatable bonds is 3. The highest BCUT2D eigenvalue weighted by molar-refractivity contribution is 5.82. The van der Waals surface area contributed by atoms with E-state index in [1.807, 2.05) is 13.8 Å². The smallest absolute Gasteiger partial charge is 0.237 e. The van der Waals surface area contributed by atoms with Gasteiger partial charge in [-0.2, -0.15) is 0 Å². The van der Waals surface area contributed by atoms with E-state index >= 15 is 0 Å². The molecule has 4 N–H and O–H groups in total. The summed E-state index contributed by atoms with van der Waals surface area (Å²) in [5.41, 5.74) is 5.71. The Labute approximate surface area is 89.8 Å². The first kappa shape index (κ1) is 12.0. The maximum atomic E-state index is 11.6. The molecule has 2 atom stereocenters. The van der Waals surface area contributed by atoms with Gasteiger partial charge in [-0.3, -0.25) is 9.59 Å². The molecule has 5 heteroatoms. The van der Waals surface area contributed by atoms with Crippen LogP contribution in [-0.2, 0) is 9.59 Å². The normalized spacial score (nSPS) is 23.5. The molecule has 0 aromatic rings. The zero-order chi connectivity index (χ0) is 11.4. The lowest BCUT2D eigenvalue weighted by atomic mass is 10.0. The van der Waals surface area contributed by atoms with Gasteiger partial charge >= 0.3 is 0 Å². The fourth-order valence-corrected chi connectivity index (χ4v) is 1.46. The standard InChI is InChI=1S/C10H19N3O2/c1-6(2)9(11)10(15)13-7-3-4-8(14)12-5-7/h6-7,9H,3-5,11H2,1-2H3,(H,12,14)(H,13,15)/t7?,9-/m0/s1. The third-order valence-corrected chi connectivity index (χ3v) is 2.63. The van der Waals surface area contributed by atoms with Crippen LogP contribution in [0.5, 0.6) is 0 Å². The van der Waals surface area contributed by atoms with Gasteiger partial charge < -0.3 is 16.4 Å². The van der Waals surface area contributed by atoms with Crippen molar-refractivity contribution in [3.8, 4) is 0 Å². The van der Waals surface area contributed by atoms with Crippen molar-refractivity contribution in [1.29, 1.82) is 0 Å². The summed E-state index contributed by atoms with van der Waals surface area (Å²) in [6.07, 6.45) is 1.17. The van der Waals surface area contributed by atoms with Crippen molar-refractivity contribution in [2.75, 3.05) is 6.54 Å². The van der Waals surface area contributed by atoms with Gasteiger partial charge in [0.05, 0.1) is 6.04 Å². The van der Waals surface area contributed by atoms with Gasteiger partial charge in [0.2, 0.25) is 11.8 Å². The van der Waals surface area contributed by atoms with Crippen molar-refractivity contribution in [3.63, 3.8) is 0 Å². The first-order valence-electron chi connectivity index (χ1n) is 5.33. The van der Waals surface area contributed by atoms with Gasteiger partial charge in [-0.05, 0) is 12.3 Å². The van der Waals surface area contributed by atoms with Gasteiger partial charge in [0.25, 0.3) is 0 Å². The minimum atomic E-state index is -0.470. The fraction of sp³-hybridized carbons (Fsp3) is 0.800. The Balaban J connectivity index is 2.35. The molecule has 1 unspecified atom stereocenters. The Hall–Kier alpha value is -1.10. The predicted molar refractivity (Wildman–Crippen MR) is 57.0 cm³/mol. The highest BCUT2D eigenvalue weighted by Crippen LogP contribution is 2.04. The zero-order valence-electron chi connectivity index (χ0n) is 9.25. The molecule has 1 fully saturated rings. The Morgan fingerprint density at radius 3 is 2.73 bits per heavy atom. The molecular formula is C10H19N3O2. The molecule has 0 spiro atoms. The van der Waals surface area contributed by atoms with Crippen molar-refractivity contribution in [2.24, 2.45) is 11.7 Å². The third-order valence-electron chi connectivity index (χ3n) is 2.63. The van der Waals surface area contributed by atoms with Crippen molar-refractivity contribution in [3.05, 3.63) is 0 Å². The minimum absolute atomic E-state index is 0.0278. The van der Waals surface area contributed by atoms with E-state index in [0.29, 0.717) is 19.4 Å². The van der Waals surface area contributed by atoms with E-state index in [1.54, 1.807) is 0 Å². The monoisotopic (exact) mass is 213 g/mol. The molecule has 2 amide bonds. The summed E-state index contributed by atoms with van der Waals surface area (Å²) >= 11 is 0. The molecule has 5 nitrogen and oxygen atoms in total. The largest absolute Gasteiger partial charge is 0.354 e. The second-order valence-corrected chi connectivity index (χ2v) is 4.32. The molecule has 1 aliphatic heterocycles. The number of hydrogen-bond donors (Lipinski definition) is 3. The lowest BCUT2D eigenvalue weighted by Gasteiger charge is -2.25. The molecule has 1 rings (SSSR count). The summed E-state index contributed by atoms with van der Waals surface area (Å²) in [7, 11) is 0. The number of nitrogens with two attached hydrogens (primary N) is 1. The van der Waals surface area contributed by atoms with Crippen molar-refractivity contribution in [2.45, 2.75) is 38.8 Å². The lowest BCUT2D eigenvalue weighted by Crippen LogP contribution is -2.53. The highest BCUT2D eigenvalue weighted by atomic mass is 16.2. The van der Waals surface area contributed by atoms with Crippen LogP contribution >= 0.6 is 0 Å². The van der Waals surface area contributed by atoms with Gasteiger partial charge in [-0.25, -0.2) is 0 Å². The molecule has 1 heterocycles. The Kier molecular flexibility index (Phi) is 4.08. The van der Waals surface area contributed by atoms with Gasteiger partial charge in [0.15, 0.2) is 0 Å². The first-order valence-corrected chi connectivity index (χ1v) is 5.33. The maximum absolute atomic E-state index is 11.6. The molecule has 0 aromatic carbocycles. The van der Waals surface area contributed by atoms with Crippen LogP contribution < -0.4 is 16.4 Å². The Bertz CT molecular complexity index is 243. The second kappa shape index (κ2) is 5.11. The van der Waals surface area contributed by atoms with Crippen molar-refractivity contribution >= 4 is 11.8 Å². The Morgan fingerprint density at radius 2 is 2.27 bits per heavy atom. The average Bonchev–Trinajstić information content (AvgIpc) is 2.20. The van der Waals surface area contributed by atoms with Crippen molar-refractivity contribution < 1.29 is 9.59 Å². The number of nitrogens with one attached hydrogen (secondary N) is 2. The van der Waals surface area contributed by atoms with E-state index in [1.165, 1.54) is 0 Å². The number of hydrogen-bond acceptors (Lipinski definition) is 3.